The molecule has 0 radical (unpaired) electrons. The molecule has 1 aromatic rings. The quantitative estimate of drug-likeness (QED) is 0.512. The van der Waals surface area contributed by atoms with Crippen LogP contribution in [-0.2, 0) is 0 Å². The van der Waals surface area contributed by atoms with Gasteiger partial charge in [-0.15, -0.1) is 0 Å². The van der Waals surface area contributed by atoms with E-state index in [0.717, 1.165) is 31.0 Å². The van der Waals surface area contributed by atoms with Crippen LogP contribution < -0.4 is 10.6 Å². The van der Waals surface area contributed by atoms with Crippen LogP contribution in [0.3, 0.4) is 0 Å². The maximum absolute atomic E-state index is 10.7. The molecule has 1 heterocycles. The SMILES string of the molecule is CC1(C)CCN(c2ccc([N+](=O)[O-])cc2N)CCS1. The van der Waals surface area contributed by atoms with Gasteiger partial charge in [-0.1, -0.05) is 13.8 Å². The molecule has 104 valence electrons. The van der Waals surface area contributed by atoms with Crippen LogP contribution in [0.15, 0.2) is 18.2 Å². The summed E-state index contributed by atoms with van der Waals surface area (Å²) in [6, 6.07) is 4.73. The van der Waals surface area contributed by atoms with E-state index in [1.165, 1.54) is 12.1 Å². The number of nitro groups is 1. The van der Waals surface area contributed by atoms with Gasteiger partial charge in [-0.2, -0.15) is 11.8 Å². The van der Waals surface area contributed by atoms with Gasteiger partial charge in [-0.05, 0) is 12.5 Å². The predicted molar refractivity (Wildman–Crippen MR) is 80.9 cm³/mol. The molecule has 1 saturated heterocycles. The van der Waals surface area contributed by atoms with Crippen molar-refractivity contribution in [2.24, 2.45) is 0 Å². The van der Waals surface area contributed by atoms with E-state index in [0.29, 0.717) is 5.69 Å². The van der Waals surface area contributed by atoms with Gasteiger partial charge in [-0.3, -0.25) is 10.1 Å². The second-order valence-corrected chi connectivity index (χ2v) is 7.15. The maximum Gasteiger partial charge on any atom is 0.271 e. The van der Waals surface area contributed by atoms with Crippen molar-refractivity contribution in [3.8, 4) is 0 Å². The Hall–Kier alpha value is -1.43. The number of nitro benzene ring substituents is 1. The second kappa shape index (κ2) is 5.28. The Bertz CT molecular complexity index is 491. The van der Waals surface area contributed by atoms with Crippen molar-refractivity contribution in [3.05, 3.63) is 28.3 Å². The maximum atomic E-state index is 10.7. The molecule has 0 aliphatic carbocycles. The van der Waals surface area contributed by atoms with Crippen LogP contribution in [-0.4, -0.2) is 28.5 Å². The van der Waals surface area contributed by atoms with E-state index in [1.807, 2.05) is 11.8 Å². The number of nitrogen functional groups attached to an aromatic ring is 1. The van der Waals surface area contributed by atoms with Crippen molar-refractivity contribution in [1.29, 1.82) is 0 Å². The van der Waals surface area contributed by atoms with Crippen LogP contribution >= 0.6 is 11.8 Å². The molecule has 19 heavy (non-hydrogen) atoms. The average Bonchev–Trinajstić information content (AvgIpc) is 2.50. The Morgan fingerprint density at radius 1 is 1.42 bits per heavy atom. The van der Waals surface area contributed by atoms with Gasteiger partial charge >= 0.3 is 0 Å². The summed E-state index contributed by atoms with van der Waals surface area (Å²) in [4.78, 5) is 12.5. The molecule has 1 fully saturated rings. The molecule has 0 saturated carbocycles. The Morgan fingerprint density at radius 2 is 2.16 bits per heavy atom. The third-order valence-electron chi connectivity index (χ3n) is 3.40. The Kier molecular flexibility index (Phi) is 3.89. The van der Waals surface area contributed by atoms with Gasteiger partial charge in [0.05, 0.1) is 16.3 Å². The summed E-state index contributed by atoms with van der Waals surface area (Å²) < 4.78 is 0.282. The minimum Gasteiger partial charge on any atom is -0.397 e. The standard InChI is InChI=1S/C13H19N3O2S/c1-13(2)5-6-15(7-8-19-13)12-4-3-10(16(17)18)9-11(12)14/h3-4,9H,5-8,14H2,1-2H3. The summed E-state index contributed by atoms with van der Waals surface area (Å²) >= 11 is 1.96. The van der Waals surface area contributed by atoms with E-state index in [2.05, 4.69) is 18.7 Å². The van der Waals surface area contributed by atoms with Crippen molar-refractivity contribution >= 4 is 28.8 Å². The highest BCUT2D eigenvalue weighted by molar-refractivity contribution is 8.00. The lowest BCUT2D eigenvalue weighted by Gasteiger charge is -2.25. The van der Waals surface area contributed by atoms with Crippen molar-refractivity contribution in [1.82, 2.24) is 0 Å². The van der Waals surface area contributed by atoms with Crippen molar-refractivity contribution in [3.63, 3.8) is 0 Å². The fourth-order valence-electron chi connectivity index (χ4n) is 2.20. The minimum atomic E-state index is -0.415. The molecule has 6 heteroatoms. The fourth-order valence-corrected chi connectivity index (χ4v) is 3.30. The summed E-state index contributed by atoms with van der Waals surface area (Å²) in [6.45, 7) is 6.36. The topological polar surface area (TPSA) is 72.4 Å². The zero-order chi connectivity index (χ0) is 14.0. The molecule has 1 aromatic carbocycles. The summed E-state index contributed by atoms with van der Waals surface area (Å²) in [5.41, 5.74) is 7.39. The highest BCUT2D eigenvalue weighted by atomic mass is 32.2. The summed E-state index contributed by atoms with van der Waals surface area (Å²) in [6.07, 6.45) is 1.08. The molecule has 0 atom stereocenters. The number of rotatable bonds is 2. The first-order valence-corrected chi connectivity index (χ1v) is 7.30. The van der Waals surface area contributed by atoms with Gasteiger partial charge in [0.2, 0.25) is 0 Å². The summed E-state index contributed by atoms with van der Waals surface area (Å²) in [5, 5.41) is 10.7. The normalized spacial score (nSPS) is 18.9. The van der Waals surface area contributed by atoms with Gasteiger partial charge in [-0.25, -0.2) is 0 Å². The Morgan fingerprint density at radius 3 is 2.79 bits per heavy atom. The van der Waals surface area contributed by atoms with Gasteiger partial charge in [0.25, 0.3) is 5.69 Å². The first-order chi connectivity index (χ1) is 8.89. The first kappa shape index (κ1) is 14.0. The minimum absolute atomic E-state index is 0.0470. The number of anilines is 2. The van der Waals surface area contributed by atoms with E-state index in [4.69, 9.17) is 5.73 Å². The number of non-ortho nitro benzene ring substituents is 1. The van der Waals surface area contributed by atoms with Crippen LogP contribution in [0.4, 0.5) is 17.1 Å². The van der Waals surface area contributed by atoms with Crippen LogP contribution in [0.1, 0.15) is 20.3 Å². The molecule has 0 spiro atoms. The number of hydrogen-bond acceptors (Lipinski definition) is 5. The summed E-state index contributed by atoms with van der Waals surface area (Å²) in [5.74, 6) is 1.05. The number of hydrogen-bond donors (Lipinski definition) is 1. The molecule has 0 bridgehead atoms. The molecule has 5 nitrogen and oxygen atoms in total. The number of thioether (sulfide) groups is 1. The second-order valence-electron chi connectivity index (χ2n) is 5.35. The van der Waals surface area contributed by atoms with Gasteiger partial charge < -0.3 is 10.6 Å². The number of nitrogens with zero attached hydrogens (tertiary/aromatic N) is 2. The molecule has 0 amide bonds. The van der Waals surface area contributed by atoms with E-state index in [9.17, 15) is 10.1 Å². The lowest BCUT2D eigenvalue weighted by molar-refractivity contribution is -0.384. The van der Waals surface area contributed by atoms with E-state index in [1.54, 1.807) is 6.07 Å². The number of nitrogens with two attached hydrogens (primary N) is 1. The van der Waals surface area contributed by atoms with Gasteiger partial charge in [0.1, 0.15) is 0 Å². The predicted octanol–water partition coefficient (Wildman–Crippen LogP) is 2.90. The Labute approximate surface area is 117 Å². The van der Waals surface area contributed by atoms with E-state index in [-0.39, 0.29) is 10.4 Å². The lowest BCUT2D eigenvalue weighted by Crippen LogP contribution is -2.27. The monoisotopic (exact) mass is 281 g/mol. The molecule has 1 aliphatic rings. The van der Waals surface area contributed by atoms with Crippen molar-refractivity contribution in [2.75, 3.05) is 29.5 Å². The highest BCUT2D eigenvalue weighted by Crippen LogP contribution is 2.34. The first-order valence-electron chi connectivity index (χ1n) is 6.32. The van der Waals surface area contributed by atoms with Gasteiger partial charge in [0, 0.05) is 35.7 Å². The van der Waals surface area contributed by atoms with Crippen LogP contribution in [0.25, 0.3) is 0 Å². The smallest absolute Gasteiger partial charge is 0.271 e. The zero-order valence-corrected chi connectivity index (χ0v) is 12.1. The zero-order valence-electron chi connectivity index (χ0n) is 11.3. The largest absolute Gasteiger partial charge is 0.397 e. The van der Waals surface area contributed by atoms with E-state index < -0.39 is 4.92 Å². The lowest BCUT2D eigenvalue weighted by atomic mass is 10.1. The van der Waals surface area contributed by atoms with Gasteiger partial charge in [0.15, 0.2) is 0 Å². The van der Waals surface area contributed by atoms with Crippen LogP contribution in [0.5, 0.6) is 0 Å². The molecule has 2 rings (SSSR count). The van der Waals surface area contributed by atoms with Crippen LogP contribution in [0.2, 0.25) is 0 Å². The molecule has 0 unspecified atom stereocenters. The molecule has 0 aromatic heterocycles. The Balaban J connectivity index is 2.20. The summed E-state index contributed by atoms with van der Waals surface area (Å²) in [7, 11) is 0. The third kappa shape index (κ3) is 3.32. The highest BCUT2D eigenvalue weighted by Gasteiger charge is 2.24. The fraction of sp³-hybridized carbons (Fsp3) is 0.538. The van der Waals surface area contributed by atoms with Crippen molar-refractivity contribution in [2.45, 2.75) is 25.0 Å². The molecule has 1 aliphatic heterocycles. The molecular formula is C13H19N3O2S. The molecular weight excluding hydrogens is 262 g/mol. The average molecular weight is 281 g/mol. The van der Waals surface area contributed by atoms with Crippen molar-refractivity contribution < 1.29 is 4.92 Å². The molecule has 2 N–H and O–H groups in total. The van der Waals surface area contributed by atoms with E-state index >= 15 is 0 Å². The number of benzene rings is 1. The van der Waals surface area contributed by atoms with Crippen LogP contribution in [0, 0.1) is 10.1 Å². The third-order valence-corrected chi connectivity index (χ3v) is 4.77.